The van der Waals surface area contributed by atoms with Gasteiger partial charge in [-0.3, -0.25) is 0 Å². The van der Waals surface area contributed by atoms with Crippen LogP contribution in [0.25, 0.3) is 0 Å². The third-order valence-electron chi connectivity index (χ3n) is 2.49. The number of ether oxygens (including phenoxy) is 2. The van der Waals surface area contributed by atoms with Gasteiger partial charge in [-0.25, -0.2) is 4.79 Å². The smallest absolute Gasteiger partial charge is 0.375 e. The van der Waals surface area contributed by atoms with Crippen molar-refractivity contribution < 1.29 is 19.4 Å². The molecule has 4 heteroatoms. The molecule has 0 spiro atoms. The molecule has 0 heterocycles. The Hall–Kier alpha value is -2.75. The summed E-state index contributed by atoms with van der Waals surface area (Å²) >= 11 is 0. The number of hydrogen-bond donors (Lipinski definition) is 1. The summed E-state index contributed by atoms with van der Waals surface area (Å²) < 4.78 is 10.8. The Bertz CT molecular complexity index is 603. The molecule has 2 aromatic rings. The van der Waals surface area contributed by atoms with E-state index in [1.165, 1.54) is 0 Å². The molecule has 0 unspecified atom stereocenters. The lowest BCUT2D eigenvalue weighted by molar-refractivity contribution is -0.135. The van der Waals surface area contributed by atoms with E-state index in [2.05, 4.69) is 0 Å². The quantitative estimate of drug-likeness (QED) is 0.667. The van der Waals surface area contributed by atoms with Crippen LogP contribution in [0.2, 0.25) is 0 Å². The number of hydrogen-bond acceptors (Lipinski definition) is 3. The van der Waals surface area contributed by atoms with Crippen LogP contribution in [0.1, 0.15) is 6.92 Å². The number of carboxylic acids is 1. The summed E-state index contributed by atoms with van der Waals surface area (Å²) in [6, 6.07) is 17.7. The lowest BCUT2D eigenvalue weighted by Crippen LogP contribution is -2.13. The van der Waals surface area contributed by atoms with Crippen molar-refractivity contribution in [3.05, 3.63) is 72.2 Å². The van der Waals surface area contributed by atoms with Gasteiger partial charge in [0, 0.05) is 0 Å². The fourth-order valence-corrected chi connectivity index (χ4v) is 1.58. The largest absolute Gasteiger partial charge is 0.475 e. The van der Waals surface area contributed by atoms with Gasteiger partial charge in [-0.1, -0.05) is 36.4 Å². The van der Waals surface area contributed by atoms with Gasteiger partial charge in [0.2, 0.25) is 5.76 Å². The Morgan fingerprint density at radius 3 is 1.75 bits per heavy atom. The highest BCUT2D eigenvalue weighted by Crippen LogP contribution is 2.19. The van der Waals surface area contributed by atoms with Crippen molar-refractivity contribution in [3.63, 3.8) is 0 Å². The third-order valence-corrected chi connectivity index (χ3v) is 2.49. The molecule has 0 aliphatic heterocycles. The zero-order valence-corrected chi connectivity index (χ0v) is 10.9. The minimum absolute atomic E-state index is 0.188. The molecule has 4 nitrogen and oxygen atoms in total. The summed E-state index contributed by atoms with van der Waals surface area (Å²) in [6.07, 6.45) is 0. The van der Waals surface area contributed by atoms with E-state index >= 15 is 0 Å². The Morgan fingerprint density at radius 1 is 0.850 bits per heavy atom. The molecular weight excluding hydrogens is 256 g/mol. The molecule has 0 aliphatic rings. The number of rotatable bonds is 5. The van der Waals surface area contributed by atoms with E-state index in [1.807, 2.05) is 12.1 Å². The van der Waals surface area contributed by atoms with E-state index in [0.717, 1.165) is 0 Å². The average Bonchev–Trinajstić information content (AvgIpc) is 2.46. The van der Waals surface area contributed by atoms with Gasteiger partial charge in [-0.2, -0.15) is 0 Å². The molecule has 0 saturated carbocycles. The number of carboxylic acid groups (broad SMARTS) is 1. The summed E-state index contributed by atoms with van der Waals surface area (Å²) in [7, 11) is 0. The number of aliphatic carboxylic acids is 1. The molecule has 0 atom stereocenters. The molecule has 0 fully saturated rings. The second-order valence-corrected chi connectivity index (χ2v) is 4.02. The van der Waals surface area contributed by atoms with Crippen molar-refractivity contribution in [2.24, 2.45) is 0 Å². The first-order valence-corrected chi connectivity index (χ1v) is 6.07. The predicted molar refractivity (Wildman–Crippen MR) is 74.5 cm³/mol. The molecule has 0 radical (unpaired) electrons. The zero-order valence-electron chi connectivity index (χ0n) is 10.9. The molecule has 102 valence electrons. The van der Waals surface area contributed by atoms with E-state index in [4.69, 9.17) is 9.47 Å². The van der Waals surface area contributed by atoms with Gasteiger partial charge in [0.05, 0.1) is 0 Å². The molecule has 0 saturated heterocycles. The van der Waals surface area contributed by atoms with E-state index in [1.54, 1.807) is 55.5 Å². The van der Waals surface area contributed by atoms with Crippen molar-refractivity contribution >= 4 is 5.97 Å². The Kier molecular flexibility index (Phi) is 4.39. The maximum absolute atomic E-state index is 11.3. The second kappa shape index (κ2) is 6.43. The van der Waals surface area contributed by atoms with Crippen molar-refractivity contribution in [2.75, 3.05) is 0 Å². The number of benzene rings is 2. The molecule has 0 amide bonds. The number of allylic oxidation sites excluding steroid dienone is 1. The summed E-state index contributed by atoms with van der Waals surface area (Å²) in [5.41, 5.74) is 0. The second-order valence-electron chi connectivity index (χ2n) is 4.02. The minimum atomic E-state index is -1.18. The Morgan fingerprint density at radius 2 is 1.30 bits per heavy atom. The van der Waals surface area contributed by atoms with Crippen molar-refractivity contribution in [1.82, 2.24) is 0 Å². The minimum Gasteiger partial charge on any atom is -0.475 e. The molecule has 2 rings (SSSR count). The van der Waals surface area contributed by atoms with E-state index in [9.17, 15) is 9.90 Å². The summed E-state index contributed by atoms with van der Waals surface area (Å²) in [5.74, 6) is -0.226. The molecule has 0 bridgehead atoms. The highest BCUT2D eigenvalue weighted by Gasteiger charge is 2.16. The summed E-state index contributed by atoms with van der Waals surface area (Å²) in [5, 5.41) is 9.22. The first-order chi connectivity index (χ1) is 9.66. The third kappa shape index (κ3) is 3.62. The zero-order chi connectivity index (χ0) is 14.4. The standard InChI is InChI=1S/C16H14O4/c1-12(19-13-8-4-2-5-9-13)15(16(17)18)20-14-10-6-3-7-11-14/h2-11H,1H3,(H,17,18)/b15-12+. The normalized spacial score (nSPS) is 11.4. The van der Waals surface area contributed by atoms with Crippen LogP contribution in [-0.4, -0.2) is 11.1 Å². The maximum atomic E-state index is 11.3. The summed E-state index contributed by atoms with van der Waals surface area (Å²) in [6.45, 7) is 1.55. The predicted octanol–water partition coefficient (Wildman–Crippen LogP) is 3.46. The summed E-state index contributed by atoms with van der Waals surface area (Å²) in [4.78, 5) is 11.3. The lowest BCUT2D eigenvalue weighted by atomic mass is 10.3. The van der Waals surface area contributed by atoms with Gasteiger partial charge < -0.3 is 14.6 Å². The van der Waals surface area contributed by atoms with Gasteiger partial charge in [0.25, 0.3) is 0 Å². The molecule has 0 aromatic heterocycles. The molecule has 20 heavy (non-hydrogen) atoms. The van der Waals surface area contributed by atoms with E-state index in [0.29, 0.717) is 11.5 Å². The number of para-hydroxylation sites is 2. The highest BCUT2D eigenvalue weighted by molar-refractivity contribution is 5.85. The molecule has 1 N–H and O–H groups in total. The fraction of sp³-hybridized carbons (Fsp3) is 0.0625. The van der Waals surface area contributed by atoms with Gasteiger partial charge in [0.1, 0.15) is 11.5 Å². The van der Waals surface area contributed by atoms with Crippen LogP contribution in [0.3, 0.4) is 0 Å². The van der Waals surface area contributed by atoms with Crippen LogP contribution in [-0.2, 0) is 4.79 Å². The van der Waals surface area contributed by atoms with Crippen molar-refractivity contribution in [3.8, 4) is 11.5 Å². The average molecular weight is 270 g/mol. The van der Waals surface area contributed by atoms with Crippen molar-refractivity contribution in [1.29, 1.82) is 0 Å². The van der Waals surface area contributed by atoms with Crippen LogP contribution < -0.4 is 9.47 Å². The van der Waals surface area contributed by atoms with Gasteiger partial charge in [0.15, 0.2) is 5.76 Å². The van der Waals surface area contributed by atoms with Gasteiger partial charge in [-0.05, 0) is 31.2 Å². The van der Waals surface area contributed by atoms with Crippen LogP contribution in [0.5, 0.6) is 11.5 Å². The first-order valence-electron chi connectivity index (χ1n) is 6.07. The Balaban J connectivity index is 2.22. The molecule has 0 aliphatic carbocycles. The van der Waals surface area contributed by atoms with Crippen LogP contribution in [0.15, 0.2) is 72.2 Å². The van der Waals surface area contributed by atoms with Crippen LogP contribution in [0, 0.1) is 0 Å². The van der Waals surface area contributed by atoms with E-state index < -0.39 is 5.97 Å². The van der Waals surface area contributed by atoms with Crippen molar-refractivity contribution in [2.45, 2.75) is 6.92 Å². The van der Waals surface area contributed by atoms with Crippen LogP contribution >= 0.6 is 0 Å². The first kappa shape index (κ1) is 13.7. The van der Waals surface area contributed by atoms with Gasteiger partial charge in [-0.15, -0.1) is 0 Å². The Labute approximate surface area is 116 Å². The number of carbonyl (C=O) groups is 1. The van der Waals surface area contributed by atoms with Crippen LogP contribution in [0.4, 0.5) is 0 Å². The maximum Gasteiger partial charge on any atom is 0.375 e. The highest BCUT2D eigenvalue weighted by atomic mass is 16.5. The monoisotopic (exact) mass is 270 g/mol. The molecule has 2 aromatic carbocycles. The molecular formula is C16H14O4. The lowest BCUT2D eigenvalue weighted by Gasteiger charge is -2.11. The SMILES string of the molecule is C/C(Oc1ccccc1)=C(\Oc1ccccc1)C(=O)O. The van der Waals surface area contributed by atoms with E-state index in [-0.39, 0.29) is 11.5 Å². The van der Waals surface area contributed by atoms with Gasteiger partial charge >= 0.3 is 5.97 Å². The topological polar surface area (TPSA) is 55.8 Å². The fourth-order valence-electron chi connectivity index (χ4n) is 1.58.